The van der Waals surface area contributed by atoms with Gasteiger partial charge in [-0.2, -0.15) is 0 Å². The monoisotopic (exact) mass is 324 g/mol. The van der Waals surface area contributed by atoms with Gasteiger partial charge in [0.05, 0.1) is 5.69 Å². The molecule has 2 aromatic rings. The highest BCUT2D eigenvalue weighted by molar-refractivity contribution is 5.91. The average Bonchev–Trinajstić information content (AvgIpc) is 3.10. The van der Waals surface area contributed by atoms with Crippen molar-refractivity contribution >= 4 is 5.91 Å². The molecule has 1 amide bonds. The van der Waals surface area contributed by atoms with Crippen molar-refractivity contribution in [3.05, 3.63) is 53.4 Å². The second-order valence-corrected chi connectivity index (χ2v) is 7.08. The highest BCUT2D eigenvalue weighted by Gasteiger charge is 2.51. The molecule has 4 heteroatoms. The van der Waals surface area contributed by atoms with E-state index in [9.17, 15) is 4.79 Å². The van der Waals surface area contributed by atoms with Gasteiger partial charge in [-0.15, -0.1) is 0 Å². The molecule has 2 aliphatic carbocycles. The van der Waals surface area contributed by atoms with Gasteiger partial charge in [-0.25, -0.2) is 0 Å². The molecule has 1 N–H and O–H groups in total. The summed E-state index contributed by atoms with van der Waals surface area (Å²) >= 11 is 0. The van der Waals surface area contributed by atoms with Gasteiger partial charge in [0.1, 0.15) is 0 Å². The normalized spacial score (nSPS) is 28.7. The van der Waals surface area contributed by atoms with Crippen LogP contribution in [0, 0.1) is 11.8 Å². The lowest BCUT2D eigenvalue weighted by Gasteiger charge is -2.55. The lowest BCUT2D eigenvalue weighted by molar-refractivity contribution is 0.0241. The maximum absolute atomic E-state index is 12.6. The van der Waals surface area contributed by atoms with Crippen LogP contribution in [0.5, 0.6) is 0 Å². The van der Waals surface area contributed by atoms with E-state index in [2.05, 4.69) is 40.8 Å². The van der Waals surface area contributed by atoms with Crippen LogP contribution in [0.25, 0.3) is 0 Å². The molecular formula is C20H24N2O2. The van der Waals surface area contributed by atoms with Crippen LogP contribution in [0.2, 0.25) is 0 Å². The number of benzene rings is 1. The van der Waals surface area contributed by atoms with E-state index < -0.39 is 0 Å². The molecule has 2 aliphatic rings. The summed E-state index contributed by atoms with van der Waals surface area (Å²) in [7, 11) is 0. The van der Waals surface area contributed by atoms with Crippen molar-refractivity contribution in [3.8, 4) is 0 Å². The number of carbonyl (C=O) groups excluding carboxylic acids is 1. The van der Waals surface area contributed by atoms with E-state index in [-0.39, 0.29) is 11.9 Å². The van der Waals surface area contributed by atoms with E-state index in [1.165, 1.54) is 31.2 Å². The summed E-state index contributed by atoms with van der Waals surface area (Å²) in [5.41, 5.74) is 2.17. The van der Waals surface area contributed by atoms with Crippen molar-refractivity contribution in [2.24, 2.45) is 11.8 Å². The summed E-state index contributed by atoms with van der Waals surface area (Å²) in [4.78, 5) is 12.6. The Morgan fingerprint density at radius 3 is 2.67 bits per heavy atom. The first-order valence-electron chi connectivity index (χ1n) is 9.09. The third-order valence-electron chi connectivity index (χ3n) is 5.81. The Balaban J connectivity index is 1.54. The second-order valence-electron chi connectivity index (χ2n) is 7.08. The van der Waals surface area contributed by atoms with Crippen molar-refractivity contribution in [2.45, 2.75) is 51.0 Å². The first-order chi connectivity index (χ1) is 11.8. The Hall–Kier alpha value is -2.10. The van der Waals surface area contributed by atoms with Crippen molar-refractivity contribution in [1.82, 2.24) is 10.5 Å². The Bertz CT molecular complexity index is 709. The Morgan fingerprint density at radius 1 is 1.21 bits per heavy atom. The predicted octanol–water partition coefficient (Wildman–Crippen LogP) is 3.94. The highest BCUT2D eigenvalue weighted by atomic mass is 16.5. The number of amides is 1. The second kappa shape index (κ2) is 6.42. The number of aromatic nitrogens is 1. The molecule has 4 rings (SSSR count). The van der Waals surface area contributed by atoms with E-state index >= 15 is 0 Å². The van der Waals surface area contributed by atoms with Crippen molar-refractivity contribution < 1.29 is 9.32 Å². The molecule has 1 heterocycles. The van der Waals surface area contributed by atoms with E-state index in [1.807, 2.05) is 6.92 Å². The summed E-state index contributed by atoms with van der Waals surface area (Å²) in [6.45, 7) is 2.00. The van der Waals surface area contributed by atoms with Gasteiger partial charge in [0.25, 0.3) is 5.91 Å². The zero-order valence-electron chi connectivity index (χ0n) is 14.1. The van der Waals surface area contributed by atoms with E-state index in [0.717, 1.165) is 12.1 Å². The van der Waals surface area contributed by atoms with Crippen LogP contribution in [-0.2, 0) is 6.42 Å². The molecule has 1 aromatic carbocycles. The summed E-state index contributed by atoms with van der Waals surface area (Å²) in [6, 6.07) is 12.6. The summed E-state index contributed by atoms with van der Waals surface area (Å²) in [5, 5.41) is 7.17. The zero-order chi connectivity index (χ0) is 16.5. The maximum atomic E-state index is 12.6. The quantitative estimate of drug-likeness (QED) is 0.927. The highest BCUT2D eigenvalue weighted by Crippen LogP contribution is 2.54. The molecule has 24 heavy (non-hydrogen) atoms. The van der Waals surface area contributed by atoms with Gasteiger partial charge in [-0.05, 0) is 36.7 Å². The van der Waals surface area contributed by atoms with Crippen LogP contribution in [-0.4, -0.2) is 17.1 Å². The largest absolute Gasteiger partial charge is 0.351 e. The molecule has 2 unspecified atom stereocenters. The molecule has 0 bridgehead atoms. The molecule has 0 spiro atoms. The van der Waals surface area contributed by atoms with Gasteiger partial charge < -0.3 is 9.84 Å². The lowest BCUT2D eigenvalue weighted by atomic mass is 9.53. The molecule has 126 valence electrons. The van der Waals surface area contributed by atoms with Crippen LogP contribution in [0.4, 0.5) is 0 Å². The van der Waals surface area contributed by atoms with Gasteiger partial charge in [0, 0.05) is 18.0 Å². The number of carbonyl (C=O) groups is 1. The van der Waals surface area contributed by atoms with Gasteiger partial charge in [-0.3, -0.25) is 4.79 Å². The molecule has 1 aromatic heterocycles. The molecule has 2 fully saturated rings. The van der Waals surface area contributed by atoms with Crippen LogP contribution in [0.1, 0.15) is 60.3 Å². The zero-order valence-corrected chi connectivity index (χ0v) is 14.1. The first-order valence-corrected chi connectivity index (χ1v) is 9.09. The molecule has 0 saturated heterocycles. The minimum absolute atomic E-state index is 0.128. The fraction of sp³-hybridized carbons (Fsp3) is 0.500. The Morgan fingerprint density at radius 2 is 1.96 bits per heavy atom. The molecular weight excluding hydrogens is 300 g/mol. The number of hydrogen-bond acceptors (Lipinski definition) is 3. The topological polar surface area (TPSA) is 55.1 Å². The fourth-order valence-corrected chi connectivity index (χ4v) is 4.60. The third kappa shape index (κ3) is 2.64. The standard InChI is InChI=1S/C20H24N2O2/c1-2-14-12-17(24-22-14)20(23)21-19-16-11-7-6-10-15(16)18(19)13-8-4-3-5-9-13/h3-5,8-9,12,15-16,18-19H,2,6-7,10-11H2,1H3,(H,21,23)/t15?,16?,18-,19-/m0/s1. The Labute approximate surface area is 142 Å². The molecule has 4 atom stereocenters. The average molecular weight is 324 g/mol. The van der Waals surface area contributed by atoms with Gasteiger partial charge >= 0.3 is 0 Å². The first kappa shape index (κ1) is 15.4. The van der Waals surface area contributed by atoms with E-state index in [0.29, 0.717) is 23.5 Å². The van der Waals surface area contributed by atoms with Crippen molar-refractivity contribution in [1.29, 1.82) is 0 Å². The Kier molecular flexibility index (Phi) is 4.13. The van der Waals surface area contributed by atoms with Crippen molar-refractivity contribution in [3.63, 3.8) is 0 Å². The maximum Gasteiger partial charge on any atom is 0.290 e. The number of nitrogens with zero attached hydrogens (tertiary/aromatic N) is 1. The van der Waals surface area contributed by atoms with E-state index in [4.69, 9.17) is 4.52 Å². The number of hydrogen-bond donors (Lipinski definition) is 1. The summed E-state index contributed by atoms with van der Waals surface area (Å²) < 4.78 is 5.20. The minimum Gasteiger partial charge on any atom is -0.351 e. The summed E-state index contributed by atoms with van der Waals surface area (Å²) in [6.07, 6.45) is 5.86. The lowest BCUT2D eigenvalue weighted by Crippen LogP contribution is -2.59. The van der Waals surface area contributed by atoms with Gasteiger partial charge in [-0.1, -0.05) is 55.3 Å². The number of rotatable bonds is 4. The molecule has 0 radical (unpaired) electrons. The van der Waals surface area contributed by atoms with Crippen LogP contribution >= 0.6 is 0 Å². The van der Waals surface area contributed by atoms with Crippen LogP contribution < -0.4 is 5.32 Å². The number of fused-ring (bicyclic) bond motifs is 1. The van der Waals surface area contributed by atoms with Crippen LogP contribution in [0.15, 0.2) is 40.9 Å². The smallest absolute Gasteiger partial charge is 0.290 e. The number of aryl methyl sites for hydroxylation is 1. The van der Waals surface area contributed by atoms with Crippen LogP contribution in [0.3, 0.4) is 0 Å². The minimum atomic E-state index is -0.128. The van der Waals surface area contributed by atoms with Gasteiger partial charge in [0.2, 0.25) is 5.76 Å². The number of nitrogens with one attached hydrogen (secondary N) is 1. The molecule has 4 nitrogen and oxygen atoms in total. The SMILES string of the molecule is CCc1cc(C(=O)N[C@H]2C3CCCCC3[C@@H]2c2ccccc2)on1. The van der Waals surface area contributed by atoms with E-state index in [1.54, 1.807) is 6.07 Å². The molecule has 2 saturated carbocycles. The third-order valence-corrected chi connectivity index (χ3v) is 5.81. The fourth-order valence-electron chi connectivity index (χ4n) is 4.60. The summed E-state index contributed by atoms with van der Waals surface area (Å²) in [5.74, 6) is 1.93. The van der Waals surface area contributed by atoms with Crippen molar-refractivity contribution in [2.75, 3.05) is 0 Å². The molecule has 0 aliphatic heterocycles. The predicted molar refractivity (Wildman–Crippen MR) is 91.8 cm³/mol. The van der Waals surface area contributed by atoms with Gasteiger partial charge in [0.15, 0.2) is 0 Å².